The van der Waals surface area contributed by atoms with Gasteiger partial charge in [-0.2, -0.15) is 0 Å². The van der Waals surface area contributed by atoms with Crippen LogP contribution in [0.5, 0.6) is 5.75 Å². The number of likely N-dealkylation sites (N-methyl/N-ethyl adjacent to an activating group) is 1. The number of halogens is 1. The van der Waals surface area contributed by atoms with Crippen LogP contribution in [0.2, 0.25) is 5.02 Å². The minimum atomic E-state index is -0.0231. The lowest BCUT2D eigenvalue weighted by Gasteiger charge is -2.49. The maximum atomic E-state index is 13.1. The Labute approximate surface area is 142 Å². The number of hydrogen-bond donors (Lipinski definition) is 1. The van der Waals surface area contributed by atoms with Gasteiger partial charge in [-0.1, -0.05) is 11.6 Å². The molecule has 1 aromatic carbocycles. The monoisotopic (exact) mass is 337 g/mol. The Hall–Kier alpha value is -1.46. The molecular weight excluding hydrogens is 314 g/mol. The zero-order valence-corrected chi connectivity index (χ0v) is 14.5. The molecule has 23 heavy (non-hydrogen) atoms. The lowest BCUT2D eigenvalue weighted by atomic mass is 9.83. The molecule has 3 heterocycles. The van der Waals surface area contributed by atoms with Gasteiger partial charge in [-0.3, -0.25) is 4.79 Å². The summed E-state index contributed by atoms with van der Waals surface area (Å²) >= 11 is 6.12. The summed E-state index contributed by atoms with van der Waals surface area (Å²) in [5, 5.41) is 0.388. The molecule has 2 bridgehead atoms. The largest absolute Gasteiger partial charge is 0.496 e. The molecule has 3 aliphatic rings. The van der Waals surface area contributed by atoms with Crippen LogP contribution in [-0.2, 0) is 0 Å². The number of anilines is 1. The molecule has 2 N–H and O–H groups in total. The lowest BCUT2D eigenvalue weighted by Crippen LogP contribution is -2.58. The standard InChI is InChI=1S/C17H24ClN3O2/c1-3-21(15-10-20-6-4-11(15)5-7-20)17(22)12-8-13(18)14(19)9-16(12)23-2/h8-9,11,15H,3-7,10,19H2,1-2H3. The normalized spacial score (nSPS) is 26.1. The van der Waals surface area contributed by atoms with Crippen molar-refractivity contribution in [3.05, 3.63) is 22.7 Å². The second-order valence-corrected chi connectivity index (χ2v) is 6.78. The molecule has 0 aromatic heterocycles. The highest BCUT2D eigenvalue weighted by Crippen LogP contribution is 2.34. The SMILES string of the molecule is CCN(C(=O)c1cc(Cl)c(N)cc1OC)C1CN2CCC1CC2. The Morgan fingerprint density at radius 3 is 2.65 bits per heavy atom. The molecule has 3 aliphatic heterocycles. The van der Waals surface area contributed by atoms with Gasteiger partial charge in [0.15, 0.2) is 0 Å². The Morgan fingerprint density at radius 1 is 1.43 bits per heavy atom. The number of rotatable bonds is 4. The van der Waals surface area contributed by atoms with E-state index in [9.17, 15) is 4.79 Å². The molecule has 0 radical (unpaired) electrons. The van der Waals surface area contributed by atoms with Gasteiger partial charge >= 0.3 is 0 Å². The maximum Gasteiger partial charge on any atom is 0.257 e. The number of carbonyl (C=O) groups is 1. The lowest BCUT2D eigenvalue weighted by molar-refractivity contribution is 0.00908. The number of methoxy groups -OCH3 is 1. The smallest absolute Gasteiger partial charge is 0.257 e. The van der Waals surface area contributed by atoms with Crippen molar-refractivity contribution in [2.45, 2.75) is 25.8 Å². The minimum absolute atomic E-state index is 0.0231. The molecule has 0 saturated carbocycles. The summed E-state index contributed by atoms with van der Waals surface area (Å²) in [6.45, 7) is 5.99. The number of carbonyl (C=O) groups excluding carboxylic acids is 1. The number of piperidine rings is 3. The first-order valence-corrected chi connectivity index (χ1v) is 8.59. The van der Waals surface area contributed by atoms with E-state index in [0.717, 1.165) is 19.6 Å². The number of nitrogens with two attached hydrogens (primary N) is 1. The fraction of sp³-hybridized carbons (Fsp3) is 0.588. The molecule has 1 unspecified atom stereocenters. The van der Waals surface area contributed by atoms with Gasteiger partial charge in [-0.15, -0.1) is 0 Å². The Morgan fingerprint density at radius 2 is 2.13 bits per heavy atom. The highest BCUT2D eigenvalue weighted by atomic mass is 35.5. The van der Waals surface area contributed by atoms with Crippen molar-refractivity contribution >= 4 is 23.2 Å². The average Bonchev–Trinajstić information content (AvgIpc) is 2.58. The van der Waals surface area contributed by atoms with Crippen molar-refractivity contribution in [3.8, 4) is 5.75 Å². The van der Waals surface area contributed by atoms with E-state index in [1.165, 1.54) is 12.8 Å². The predicted octanol–water partition coefficient (Wildman–Crippen LogP) is 2.49. The van der Waals surface area contributed by atoms with E-state index in [1.807, 2.05) is 11.8 Å². The molecule has 3 saturated heterocycles. The zero-order chi connectivity index (χ0) is 16.6. The van der Waals surface area contributed by atoms with Gasteiger partial charge < -0.3 is 20.3 Å². The van der Waals surface area contributed by atoms with Gasteiger partial charge in [-0.05, 0) is 44.8 Å². The summed E-state index contributed by atoms with van der Waals surface area (Å²) in [5.41, 5.74) is 6.74. The third-order valence-electron chi connectivity index (χ3n) is 5.17. The summed E-state index contributed by atoms with van der Waals surface area (Å²) in [7, 11) is 1.55. The summed E-state index contributed by atoms with van der Waals surface area (Å²) in [6, 6.07) is 3.53. The molecular formula is C17H24ClN3O2. The predicted molar refractivity (Wildman–Crippen MR) is 92.1 cm³/mol. The van der Waals surface area contributed by atoms with Gasteiger partial charge in [0.05, 0.1) is 23.4 Å². The van der Waals surface area contributed by atoms with Crippen LogP contribution in [0.3, 0.4) is 0 Å². The molecule has 6 heteroatoms. The highest BCUT2D eigenvalue weighted by Gasteiger charge is 2.39. The Kier molecular flexibility index (Phi) is 4.69. The van der Waals surface area contributed by atoms with E-state index in [0.29, 0.717) is 34.5 Å². The van der Waals surface area contributed by atoms with E-state index < -0.39 is 0 Å². The number of nitrogens with zero attached hydrogens (tertiary/aromatic N) is 2. The molecule has 1 amide bonds. The third kappa shape index (κ3) is 3.00. The fourth-order valence-electron chi connectivity index (χ4n) is 3.88. The molecule has 1 aromatic rings. The van der Waals surface area contributed by atoms with Crippen LogP contribution in [0.25, 0.3) is 0 Å². The second-order valence-electron chi connectivity index (χ2n) is 6.37. The van der Waals surface area contributed by atoms with Crippen molar-refractivity contribution < 1.29 is 9.53 Å². The zero-order valence-electron chi connectivity index (χ0n) is 13.7. The van der Waals surface area contributed by atoms with Gasteiger partial charge in [-0.25, -0.2) is 0 Å². The van der Waals surface area contributed by atoms with Crippen molar-refractivity contribution in [1.29, 1.82) is 0 Å². The van der Waals surface area contributed by atoms with Crippen LogP contribution >= 0.6 is 11.6 Å². The summed E-state index contributed by atoms with van der Waals surface area (Å²) in [5.74, 6) is 1.06. The quantitative estimate of drug-likeness (QED) is 0.858. The minimum Gasteiger partial charge on any atom is -0.496 e. The number of hydrogen-bond acceptors (Lipinski definition) is 4. The van der Waals surface area contributed by atoms with Crippen LogP contribution in [0.1, 0.15) is 30.1 Å². The molecule has 0 spiro atoms. The van der Waals surface area contributed by atoms with Crippen molar-refractivity contribution in [2.75, 3.05) is 39.0 Å². The number of benzene rings is 1. The van der Waals surface area contributed by atoms with Gasteiger partial charge in [0.2, 0.25) is 0 Å². The number of fused-ring (bicyclic) bond motifs is 3. The van der Waals surface area contributed by atoms with Crippen molar-refractivity contribution in [3.63, 3.8) is 0 Å². The first-order valence-electron chi connectivity index (χ1n) is 8.21. The van der Waals surface area contributed by atoms with Crippen molar-refractivity contribution in [1.82, 2.24) is 9.80 Å². The number of ether oxygens (including phenoxy) is 1. The number of nitrogen functional groups attached to an aromatic ring is 1. The molecule has 5 nitrogen and oxygen atoms in total. The van der Waals surface area contributed by atoms with E-state index >= 15 is 0 Å². The van der Waals surface area contributed by atoms with Crippen LogP contribution in [0, 0.1) is 5.92 Å². The van der Waals surface area contributed by atoms with Crippen LogP contribution < -0.4 is 10.5 Å². The average molecular weight is 338 g/mol. The van der Waals surface area contributed by atoms with Crippen molar-refractivity contribution in [2.24, 2.45) is 5.92 Å². The second kappa shape index (κ2) is 6.57. The van der Waals surface area contributed by atoms with E-state index in [4.69, 9.17) is 22.1 Å². The van der Waals surface area contributed by atoms with Crippen LogP contribution in [0.15, 0.2) is 12.1 Å². The van der Waals surface area contributed by atoms with Crippen LogP contribution in [0.4, 0.5) is 5.69 Å². The summed E-state index contributed by atoms with van der Waals surface area (Å²) < 4.78 is 5.35. The molecule has 3 fully saturated rings. The van der Waals surface area contributed by atoms with Gasteiger partial charge in [0.1, 0.15) is 5.75 Å². The third-order valence-corrected chi connectivity index (χ3v) is 5.50. The topological polar surface area (TPSA) is 58.8 Å². The molecule has 1 atom stereocenters. The van der Waals surface area contributed by atoms with E-state index in [2.05, 4.69) is 4.90 Å². The molecule has 0 aliphatic carbocycles. The number of amides is 1. The first kappa shape index (κ1) is 16.4. The summed E-state index contributed by atoms with van der Waals surface area (Å²) in [6.07, 6.45) is 2.35. The van der Waals surface area contributed by atoms with E-state index in [-0.39, 0.29) is 11.9 Å². The first-order chi connectivity index (χ1) is 11.0. The van der Waals surface area contributed by atoms with Gasteiger partial charge in [0, 0.05) is 25.2 Å². The molecule has 4 rings (SSSR count). The fourth-order valence-corrected chi connectivity index (χ4v) is 4.04. The molecule has 126 valence electrons. The maximum absolute atomic E-state index is 13.1. The van der Waals surface area contributed by atoms with Gasteiger partial charge in [0.25, 0.3) is 5.91 Å². The van der Waals surface area contributed by atoms with E-state index in [1.54, 1.807) is 19.2 Å². The van der Waals surface area contributed by atoms with Crippen LogP contribution in [-0.4, -0.2) is 55.0 Å². The Balaban J connectivity index is 1.90. The Bertz CT molecular complexity index is 600. The summed E-state index contributed by atoms with van der Waals surface area (Å²) in [4.78, 5) is 17.5. The highest BCUT2D eigenvalue weighted by molar-refractivity contribution is 6.33.